The molecule has 1 fully saturated rings. The van der Waals surface area contributed by atoms with Crippen LogP contribution in [0, 0.1) is 0 Å². The van der Waals surface area contributed by atoms with Crippen molar-refractivity contribution in [1.82, 2.24) is 14.8 Å². The molecule has 26 heavy (non-hydrogen) atoms. The Kier molecular flexibility index (Phi) is 5.50. The summed E-state index contributed by atoms with van der Waals surface area (Å²) in [4.78, 5) is 13.0. The number of likely N-dealkylation sites (tertiary alicyclic amines) is 1. The van der Waals surface area contributed by atoms with Crippen molar-refractivity contribution in [1.29, 1.82) is 0 Å². The van der Waals surface area contributed by atoms with Crippen LogP contribution in [0.25, 0.3) is 0 Å². The molecule has 0 amide bonds. The Labute approximate surface area is 165 Å². The fourth-order valence-electron chi connectivity index (χ4n) is 4.12. The highest BCUT2D eigenvalue weighted by Gasteiger charge is 2.28. The highest BCUT2D eigenvalue weighted by atomic mass is 35.5. The monoisotopic (exact) mass is 390 g/mol. The Morgan fingerprint density at radius 2 is 2.04 bits per heavy atom. The van der Waals surface area contributed by atoms with Crippen molar-refractivity contribution in [2.24, 2.45) is 0 Å². The van der Waals surface area contributed by atoms with E-state index >= 15 is 0 Å². The molecule has 3 heterocycles. The van der Waals surface area contributed by atoms with Gasteiger partial charge in [-0.25, -0.2) is 4.98 Å². The SMILES string of the molecule is CN(C)c1nc(Cl)c(CN2CCCC(N3CCc4ccccc4C3)C2)s1. The average molecular weight is 391 g/mol. The van der Waals surface area contributed by atoms with Gasteiger partial charge in [-0.05, 0) is 36.9 Å². The highest BCUT2D eigenvalue weighted by Crippen LogP contribution is 2.31. The number of thiazole rings is 1. The van der Waals surface area contributed by atoms with E-state index in [-0.39, 0.29) is 0 Å². The normalized spacial score (nSPS) is 21.6. The van der Waals surface area contributed by atoms with Crippen molar-refractivity contribution in [3.63, 3.8) is 0 Å². The second-order valence-electron chi connectivity index (χ2n) is 7.63. The van der Waals surface area contributed by atoms with Crippen molar-refractivity contribution in [3.05, 3.63) is 45.4 Å². The molecule has 1 aromatic heterocycles. The quantitative estimate of drug-likeness (QED) is 0.789. The van der Waals surface area contributed by atoms with Crippen molar-refractivity contribution in [2.75, 3.05) is 38.6 Å². The number of benzene rings is 1. The van der Waals surface area contributed by atoms with Crippen LogP contribution in [0.15, 0.2) is 24.3 Å². The van der Waals surface area contributed by atoms with Crippen molar-refractivity contribution < 1.29 is 0 Å². The first-order valence-corrected chi connectivity index (χ1v) is 10.7. The fraction of sp³-hybridized carbons (Fsp3) is 0.550. The molecule has 0 saturated carbocycles. The predicted octanol–water partition coefficient (Wildman–Crippen LogP) is 3.89. The van der Waals surface area contributed by atoms with Crippen LogP contribution in [0.5, 0.6) is 0 Å². The summed E-state index contributed by atoms with van der Waals surface area (Å²) in [6, 6.07) is 9.56. The topological polar surface area (TPSA) is 22.6 Å². The first-order chi connectivity index (χ1) is 12.6. The summed E-state index contributed by atoms with van der Waals surface area (Å²) < 4.78 is 0. The van der Waals surface area contributed by atoms with Gasteiger partial charge in [0.1, 0.15) is 5.15 Å². The van der Waals surface area contributed by atoms with E-state index in [1.54, 1.807) is 11.3 Å². The molecule has 0 radical (unpaired) electrons. The molecule has 0 aliphatic carbocycles. The molecule has 1 unspecified atom stereocenters. The van der Waals surface area contributed by atoms with Crippen molar-refractivity contribution >= 4 is 28.1 Å². The molecule has 4 nitrogen and oxygen atoms in total. The second-order valence-corrected chi connectivity index (χ2v) is 9.05. The average Bonchev–Trinajstić information content (AvgIpc) is 3.02. The number of hydrogen-bond acceptors (Lipinski definition) is 5. The molecular weight excluding hydrogens is 364 g/mol. The largest absolute Gasteiger partial charge is 0.354 e. The standard InChI is InChI=1S/C20H27ClN4S/c1-23(2)20-22-19(21)18(26-20)14-24-10-5-8-17(13-24)25-11-9-15-6-3-4-7-16(15)12-25/h3-4,6-7,17H,5,8-14H2,1-2H3. The van der Waals surface area contributed by atoms with E-state index in [2.05, 4.69) is 39.0 Å². The summed E-state index contributed by atoms with van der Waals surface area (Å²) in [5, 5.41) is 1.67. The molecule has 2 aliphatic rings. The maximum Gasteiger partial charge on any atom is 0.186 e. The van der Waals surface area contributed by atoms with Crippen LogP contribution in [0.1, 0.15) is 28.8 Å². The molecule has 2 aliphatic heterocycles. The van der Waals surface area contributed by atoms with E-state index in [1.165, 1.54) is 41.8 Å². The van der Waals surface area contributed by atoms with Crippen molar-refractivity contribution in [3.8, 4) is 0 Å². The zero-order valence-electron chi connectivity index (χ0n) is 15.6. The summed E-state index contributed by atoms with van der Waals surface area (Å²) in [7, 11) is 4.04. The Morgan fingerprint density at radius 3 is 2.81 bits per heavy atom. The third-order valence-corrected chi connectivity index (χ3v) is 7.18. The summed E-state index contributed by atoms with van der Waals surface area (Å²) in [5.41, 5.74) is 3.04. The maximum absolute atomic E-state index is 6.39. The van der Waals surface area contributed by atoms with E-state index in [4.69, 9.17) is 11.6 Å². The summed E-state index contributed by atoms with van der Waals surface area (Å²) in [6.07, 6.45) is 3.75. The first-order valence-electron chi connectivity index (χ1n) is 9.46. The number of anilines is 1. The van der Waals surface area contributed by atoms with E-state index < -0.39 is 0 Å². The third kappa shape index (κ3) is 3.91. The zero-order chi connectivity index (χ0) is 18.1. The van der Waals surface area contributed by atoms with Gasteiger partial charge >= 0.3 is 0 Å². The van der Waals surface area contributed by atoms with Gasteiger partial charge < -0.3 is 4.90 Å². The van der Waals surface area contributed by atoms with Gasteiger partial charge in [-0.3, -0.25) is 9.80 Å². The van der Waals surface area contributed by atoms with Gasteiger partial charge in [-0.2, -0.15) is 0 Å². The molecule has 6 heteroatoms. The third-order valence-electron chi connectivity index (χ3n) is 5.55. The molecule has 2 aromatic rings. The van der Waals surface area contributed by atoms with Crippen LogP contribution in [-0.2, 0) is 19.5 Å². The van der Waals surface area contributed by atoms with E-state index in [1.807, 2.05) is 19.0 Å². The minimum absolute atomic E-state index is 0.650. The number of halogens is 1. The smallest absolute Gasteiger partial charge is 0.186 e. The fourth-order valence-corrected chi connectivity index (χ4v) is 5.34. The highest BCUT2D eigenvalue weighted by molar-refractivity contribution is 7.16. The summed E-state index contributed by atoms with van der Waals surface area (Å²) >= 11 is 8.10. The van der Waals surface area contributed by atoms with Crippen LogP contribution < -0.4 is 4.90 Å². The van der Waals surface area contributed by atoms with Crippen LogP contribution in [0.3, 0.4) is 0 Å². The maximum atomic E-state index is 6.39. The Hall–Kier alpha value is -1.14. The van der Waals surface area contributed by atoms with Crippen LogP contribution in [0.2, 0.25) is 5.15 Å². The number of piperidine rings is 1. The predicted molar refractivity (Wildman–Crippen MR) is 110 cm³/mol. The summed E-state index contributed by atoms with van der Waals surface area (Å²) in [5.74, 6) is 0. The van der Waals surface area contributed by atoms with Crippen molar-refractivity contribution in [2.45, 2.75) is 38.4 Å². The summed E-state index contributed by atoms with van der Waals surface area (Å²) in [6.45, 7) is 5.49. The molecule has 0 spiro atoms. The van der Waals surface area contributed by atoms with Crippen LogP contribution >= 0.6 is 22.9 Å². The van der Waals surface area contributed by atoms with Crippen LogP contribution in [-0.4, -0.2) is 54.6 Å². The Bertz CT molecular complexity index is 760. The van der Waals surface area contributed by atoms with E-state index in [0.29, 0.717) is 11.2 Å². The zero-order valence-corrected chi connectivity index (χ0v) is 17.2. The lowest BCUT2D eigenvalue weighted by atomic mass is 9.96. The Balaban J connectivity index is 1.40. The molecule has 140 valence electrons. The number of aromatic nitrogens is 1. The van der Waals surface area contributed by atoms with E-state index in [0.717, 1.165) is 31.3 Å². The molecule has 4 rings (SSSR count). The molecule has 1 saturated heterocycles. The number of hydrogen-bond donors (Lipinski definition) is 0. The minimum Gasteiger partial charge on any atom is -0.354 e. The minimum atomic E-state index is 0.650. The van der Waals surface area contributed by atoms with Gasteiger partial charge in [-0.15, -0.1) is 0 Å². The molecule has 0 N–H and O–H groups in total. The van der Waals surface area contributed by atoms with Gasteiger partial charge in [-0.1, -0.05) is 47.2 Å². The van der Waals surface area contributed by atoms with Gasteiger partial charge in [0, 0.05) is 46.3 Å². The number of nitrogens with zero attached hydrogens (tertiary/aromatic N) is 4. The Morgan fingerprint density at radius 1 is 1.23 bits per heavy atom. The van der Waals surface area contributed by atoms with Gasteiger partial charge in [0.15, 0.2) is 5.13 Å². The molecular formula is C20H27ClN4S. The lowest BCUT2D eigenvalue weighted by Crippen LogP contribution is -2.49. The van der Waals surface area contributed by atoms with Crippen LogP contribution in [0.4, 0.5) is 5.13 Å². The van der Waals surface area contributed by atoms with E-state index in [9.17, 15) is 0 Å². The molecule has 1 aromatic carbocycles. The van der Waals surface area contributed by atoms with Gasteiger partial charge in [0.2, 0.25) is 0 Å². The lowest BCUT2D eigenvalue weighted by Gasteiger charge is -2.41. The van der Waals surface area contributed by atoms with Gasteiger partial charge in [0.05, 0.1) is 4.88 Å². The second kappa shape index (κ2) is 7.85. The first kappa shape index (κ1) is 18.2. The number of fused-ring (bicyclic) bond motifs is 1. The number of rotatable bonds is 4. The molecule has 1 atom stereocenters. The molecule has 0 bridgehead atoms. The van der Waals surface area contributed by atoms with Gasteiger partial charge in [0.25, 0.3) is 0 Å². The lowest BCUT2D eigenvalue weighted by molar-refractivity contribution is 0.0844.